The van der Waals surface area contributed by atoms with Crippen LogP contribution in [0.3, 0.4) is 0 Å². The van der Waals surface area contributed by atoms with Gasteiger partial charge in [-0.1, -0.05) is 19.3 Å². The first-order valence-corrected chi connectivity index (χ1v) is 8.26. The predicted octanol–water partition coefficient (Wildman–Crippen LogP) is 1.82. The molecule has 22 heavy (non-hydrogen) atoms. The number of rotatable bonds is 7. The van der Waals surface area contributed by atoms with Crippen molar-refractivity contribution in [3.63, 3.8) is 0 Å². The summed E-state index contributed by atoms with van der Waals surface area (Å²) in [5.41, 5.74) is -1.02. The number of aliphatic carboxylic acids is 1. The van der Waals surface area contributed by atoms with E-state index in [1.54, 1.807) is 7.05 Å². The van der Waals surface area contributed by atoms with Gasteiger partial charge in [0.2, 0.25) is 5.91 Å². The predicted molar refractivity (Wildman–Crippen MR) is 80.6 cm³/mol. The lowest BCUT2D eigenvalue weighted by Crippen LogP contribution is -2.56. The van der Waals surface area contributed by atoms with Crippen molar-refractivity contribution < 1.29 is 24.2 Å². The average molecular weight is 313 g/mol. The highest BCUT2D eigenvalue weighted by Crippen LogP contribution is 2.33. The summed E-state index contributed by atoms with van der Waals surface area (Å²) in [6.45, 7) is 1.62. The molecule has 2 rings (SSSR count). The minimum absolute atomic E-state index is 0.150. The zero-order valence-corrected chi connectivity index (χ0v) is 13.4. The minimum atomic E-state index is -1.02. The number of carbonyl (C=O) groups is 2. The first kappa shape index (κ1) is 17.2. The van der Waals surface area contributed by atoms with Crippen molar-refractivity contribution in [2.45, 2.75) is 63.0 Å². The number of nitrogens with zero attached hydrogens (tertiary/aromatic N) is 1. The van der Waals surface area contributed by atoms with Gasteiger partial charge in [0.1, 0.15) is 5.54 Å². The van der Waals surface area contributed by atoms with Crippen LogP contribution in [0.1, 0.15) is 51.4 Å². The van der Waals surface area contributed by atoms with Crippen LogP contribution in [0.25, 0.3) is 0 Å². The normalized spacial score (nSPS) is 24.1. The van der Waals surface area contributed by atoms with E-state index in [1.165, 1.54) is 4.90 Å². The molecule has 1 heterocycles. The Kier molecular flexibility index (Phi) is 6.20. The highest BCUT2D eigenvalue weighted by atomic mass is 16.5. The minimum Gasteiger partial charge on any atom is -0.479 e. The van der Waals surface area contributed by atoms with Gasteiger partial charge < -0.3 is 19.5 Å². The van der Waals surface area contributed by atoms with E-state index in [1.807, 2.05) is 0 Å². The fourth-order valence-corrected chi connectivity index (χ4v) is 3.39. The lowest BCUT2D eigenvalue weighted by Gasteiger charge is -2.41. The number of ether oxygens (including phenoxy) is 2. The van der Waals surface area contributed by atoms with E-state index in [4.69, 9.17) is 9.47 Å². The van der Waals surface area contributed by atoms with Gasteiger partial charge in [0.15, 0.2) is 0 Å². The quantitative estimate of drug-likeness (QED) is 0.726. The Morgan fingerprint density at radius 3 is 2.59 bits per heavy atom. The van der Waals surface area contributed by atoms with Crippen molar-refractivity contribution >= 4 is 11.9 Å². The van der Waals surface area contributed by atoms with Crippen LogP contribution in [0, 0.1) is 0 Å². The van der Waals surface area contributed by atoms with Gasteiger partial charge >= 0.3 is 5.97 Å². The van der Waals surface area contributed by atoms with Crippen LogP contribution >= 0.6 is 0 Å². The van der Waals surface area contributed by atoms with Crippen LogP contribution in [-0.2, 0) is 19.1 Å². The molecule has 0 radical (unpaired) electrons. The molecule has 0 aromatic rings. The maximum Gasteiger partial charge on any atom is 0.329 e. The summed E-state index contributed by atoms with van der Waals surface area (Å²) >= 11 is 0. The van der Waals surface area contributed by atoms with Crippen LogP contribution in [0.15, 0.2) is 0 Å². The molecule has 1 amide bonds. The maximum absolute atomic E-state index is 12.3. The Morgan fingerprint density at radius 2 is 2.00 bits per heavy atom. The fourth-order valence-electron chi connectivity index (χ4n) is 3.39. The second kappa shape index (κ2) is 7.92. The summed E-state index contributed by atoms with van der Waals surface area (Å²) in [6, 6.07) is 0. The number of likely N-dealkylation sites (N-methyl/N-ethyl adjacent to an activating group) is 1. The lowest BCUT2D eigenvalue weighted by molar-refractivity contribution is -0.160. The topological polar surface area (TPSA) is 76.1 Å². The zero-order valence-electron chi connectivity index (χ0n) is 13.4. The number of carbonyl (C=O) groups excluding carboxylic acids is 1. The molecule has 1 aliphatic carbocycles. The summed E-state index contributed by atoms with van der Waals surface area (Å²) in [6.07, 6.45) is 6.30. The molecule has 6 heteroatoms. The standard InChI is InChI=1S/C16H27NO5/c1-17(16(15(19)20)8-3-2-4-9-16)14(18)7-11-21-12-13-6-5-10-22-13/h13H,2-12H2,1H3,(H,19,20). The molecule has 2 aliphatic rings. The SMILES string of the molecule is CN(C(=O)CCOCC1CCCO1)C1(C(=O)O)CCCCC1. The molecule has 0 aromatic carbocycles. The summed E-state index contributed by atoms with van der Waals surface area (Å²) in [7, 11) is 1.61. The van der Waals surface area contributed by atoms with Crippen molar-refractivity contribution in [3.8, 4) is 0 Å². The summed E-state index contributed by atoms with van der Waals surface area (Å²) in [5, 5.41) is 9.58. The zero-order chi connectivity index (χ0) is 16.0. The van der Waals surface area contributed by atoms with Crippen molar-refractivity contribution in [3.05, 3.63) is 0 Å². The van der Waals surface area contributed by atoms with Gasteiger partial charge in [-0.15, -0.1) is 0 Å². The van der Waals surface area contributed by atoms with E-state index in [-0.39, 0.29) is 18.4 Å². The molecule has 1 saturated heterocycles. The highest BCUT2D eigenvalue weighted by Gasteiger charge is 2.45. The Labute approximate surface area is 131 Å². The lowest BCUT2D eigenvalue weighted by atomic mass is 9.80. The molecule has 1 atom stereocenters. The van der Waals surface area contributed by atoms with Gasteiger partial charge in [0, 0.05) is 13.7 Å². The van der Waals surface area contributed by atoms with Crippen LogP contribution in [0.5, 0.6) is 0 Å². The van der Waals surface area contributed by atoms with E-state index in [2.05, 4.69) is 0 Å². The molecule has 1 unspecified atom stereocenters. The van der Waals surface area contributed by atoms with Gasteiger partial charge in [0.25, 0.3) is 0 Å². The fraction of sp³-hybridized carbons (Fsp3) is 0.875. The molecule has 126 valence electrons. The molecular weight excluding hydrogens is 286 g/mol. The molecule has 0 aromatic heterocycles. The smallest absolute Gasteiger partial charge is 0.329 e. The van der Waals surface area contributed by atoms with E-state index < -0.39 is 11.5 Å². The average Bonchev–Trinajstić information content (AvgIpc) is 3.04. The van der Waals surface area contributed by atoms with Crippen LogP contribution in [0.2, 0.25) is 0 Å². The number of carboxylic acid groups (broad SMARTS) is 1. The van der Waals surface area contributed by atoms with Crippen molar-refractivity contribution in [1.29, 1.82) is 0 Å². The number of amides is 1. The Bertz CT molecular complexity index is 386. The highest BCUT2D eigenvalue weighted by molar-refractivity contribution is 5.87. The largest absolute Gasteiger partial charge is 0.479 e. The Balaban J connectivity index is 1.78. The number of carboxylic acids is 1. The second-order valence-corrected chi connectivity index (χ2v) is 6.31. The van der Waals surface area contributed by atoms with Crippen LogP contribution in [-0.4, -0.2) is 60.4 Å². The summed E-state index contributed by atoms with van der Waals surface area (Å²) in [5.74, 6) is -1.04. The third kappa shape index (κ3) is 3.98. The van der Waals surface area contributed by atoms with Crippen LogP contribution < -0.4 is 0 Å². The third-order valence-corrected chi connectivity index (χ3v) is 4.88. The van der Waals surface area contributed by atoms with Gasteiger partial charge in [-0.05, 0) is 25.7 Å². The molecule has 6 nitrogen and oxygen atoms in total. The van der Waals surface area contributed by atoms with Crippen molar-refractivity contribution in [2.24, 2.45) is 0 Å². The van der Waals surface area contributed by atoms with Gasteiger partial charge in [0.05, 0.1) is 25.7 Å². The molecule has 0 spiro atoms. The first-order valence-electron chi connectivity index (χ1n) is 8.26. The summed E-state index contributed by atoms with van der Waals surface area (Å²) in [4.78, 5) is 25.4. The molecule has 1 saturated carbocycles. The third-order valence-electron chi connectivity index (χ3n) is 4.88. The number of hydrogen-bond donors (Lipinski definition) is 1. The molecular formula is C16H27NO5. The van der Waals surface area contributed by atoms with Gasteiger partial charge in [-0.3, -0.25) is 4.79 Å². The molecule has 1 aliphatic heterocycles. The maximum atomic E-state index is 12.3. The summed E-state index contributed by atoms with van der Waals surface area (Å²) < 4.78 is 11.0. The monoisotopic (exact) mass is 313 g/mol. The molecule has 1 N–H and O–H groups in total. The van der Waals surface area contributed by atoms with Gasteiger partial charge in [-0.2, -0.15) is 0 Å². The molecule has 0 bridgehead atoms. The van der Waals surface area contributed by atoms with E-state index >= 15 is 0 Å². The first-order chi connectivity index (χ1) is 10.6. The Morgan fingerprint density at radius 1 is 1.27 bits per heavy atom. The number of hydrogen-bond acceptors (Lipinski definition) is 4. The van der Waals surface area contributed by atoms with Crippen molar-refractivity contribution in [2.75, 3.05) is 26.9 Å². The van der Waals surface area contributed by atoms with Crippen LogP contribution in [0.4, 0.5) is 0 Å². The van der Waals surface area contributed by atoms with E-state index in [0.717, 1.165) is 38.7 Å². The Hall–Kier alpha value is -1.14. The van der Waals surface area contributed by atoms with Crippen molar-refractivity contribution in [1.82, 2.24) is 4.90 Å². The van der Waals surface area contributed by atoms with E-state index in [9.17, 15) is 14.7 Å². The second-order valence-electron chi connectivity index (χ2n) is 6.31. The van der Waals surface area contributed by atoms with E-state index in [0.29, 0.717) is 26.1 Å². The molecule has 2 fully saturated rings. The van der Waals surface area contributed by atoms with Gasteiger partial charge in [-0.25, -0.2) is 4.79 Å².